The molecule has 168 valence electrons. The molecular weight excluding hydrogens is 468 g/mol. The summed E-state index contributed by atoms with van der Waals surface area (Å²) in [6.45, 7) is 0.868. The van der Waals surface area contributed by atoms with E-state index in [2.05, 4.69) is 5.32 Å². The monoisotopic (exact) mass is 489 g/mol. The molecule has 2 amide bonds. The van der Waals surface area contributed by atoms with E-state index in [0.29, 0.717) is 5.56 Å². The van der Waals surface area contributed by atoms with E-state index in [0.717, 1.165) is 10.6 Å². The molecule has 31 heavy (non-hydrogen) atoms. The SMILES string of the molecule is CNC(=O)[C@H](C)N(Cc1ccc(F)cc1)C(=O)CN(c1cccc(Cl)c1Cl)S(C)(=O)=O. The fourth-order valence-corrected chi connectivity index (χ4v) is 4.16. The van der Waals surface area contributed by atoms with E-state index in [9.17, 15) is 22.4 Å². The smallest absolute Gasteiger partial charge is 0.244 e. The summed E-state index contributed by atoms with van der Waals surface area (Å²) in [7, 11) is -2.50. The average Bonchev–Trinajstić information content (AvgIpc) is 2.71. The quantitative estimate of drug-likeness (QED) is 0.617. The van der Waals surface area contributed by atoms with Gasteiger partial charge >= 0.3 is 0 Å². The van der Waals surface area contributed by atoms with Crippen LogP contribution in [0.2, 0.25) is 10.0 Å². The van der Waals surface area contributed by atoms with Crippen LogP contribution in [0.4, 0.5) is 10.1 Å². The number of likely N-dealkylation sites (N-methyl/N-ethyl adjacent to an activating group) is 1. The second kappa shape index (κ2) is 10.3. The highest BCUT2D eigenvalue weighted by molar-refractivity contribution is 7.92. The fraction of sp³-hybridized carbons (Fsp3) is 0.300. The first kappa shape index (κ1) is 24.9. The Morgan fingerprint density at radius 1 is 1.13 bits per heavy atom. The van der Waals surface area contributed by atoms with Gasteiger partial charge in [-0.25, -0.2) is 12.8 Å². The molecule has 0 bridgehead atoms. The maximum absolute atomic E-state index is 13.2. The first-order valence-corrected chi connectivity index (χ1v) is 11.7. The average molecular weight is 490 g/mol. The van der Waals surface area contributed by atoms with Crippen molar-refractivity contribution in [2.75, 3.05) is 24.2 Å². The molecule has 0 aliphatic rings. The van der Waals surface area contributed by atoms with Gasteiger partial charge in [0.15, 0.2) is 0 Å². The Bertz CT molecular complexity index is 1060. The summed E-state index contributed by atoms with van der Waals surface area (Å²) in [4.78, 5) is 26.6. The number of hydrogen-bond donors (Lipinski definition) is 1. The van der Waals surface area contributed by atoms with Crippen LogP contribution in [-0.4, -0.2) is 51.0 Å². The third kappa shape index (κ3) is 6.32. The minimum absolute atomic E-state index is 0.0215. The molecule has 2 rings (SSSR count). The lowest BCUT2D eigenvalue weighted by Gasteiger charge is -2.31. The van der Waals surface area contributed by atoms with Crippen molar-refractivity contribution >= 4 is 50.7 Å². The molecule has 0 spiro atoms. The first-order valence-electron chi connectivity index (χ1n) is 9.13. The van der Waals surface area contributed by atoms with Crippen molar-refractivity contribution < 1.29 is 22.4 Å². The van der Waals surface area contributed by atoms with Gasteiger partial charge in [0.25, 0.3) is 0 Å². The molecule has 0 fully saturated rings. The highest BCUT2D eigenvalue weighted by Gasteiger charge is 2.30. The lowest BCUT2D eigenvalue weighted by Crippen LogP contribution is -2.50. The number of amides is 2. The number of hydrogen-bond acceptors (Lipinski definition) is 4. The van der Waals surface area contributed by atoms with Gasteiger partial charge in [0, 0.05) is 13.6 Å². The molecule has 2 aromatic carbocycles. The zero-order valence-corrected chi connectivity index (χ0v) is 19.4. The number of carbonyl (C=O) groups excluding carboxylic acids is 2. The highest BCUT2D eigenvalue weighted by atomic mass is 35.5. The number of carbonyl (C=O) groups is 2. The van der Waals surface area contributed by atoms with Gasteiger partial charge in [-0.3, -0.25) is 13.9 Å². The Labute approximate surface area is 190 Å². The summed E-state index contributed by atoms with van der Waals surface area (Å²) in [6.07, 6.45) is 0.935. The minimum atomic E-state index is -3.92. The largest absolute Gasteiger partial charge is 0.357 e. The van der Waals surface area contributed by atoms with Crippen LogP contribution in [-0.2, 0) is 26.2 Å². The maximum Gasteiger partial charge on any atom is 0.244 e. The predicted molar refractivity (Wildman–Crippen MR) is 119 cm³/mol. The number of rotatable bonds is 8. The highest BCUT2D eigenvalue weighted by Crippen LogP contribution is 2.33. The van der Waals surface area contributed by atoms with Crippen LogP contribution in [0.5, 0.6) is 0 Å². The zero-order valence-electron chi connectivity index (χ0n) is 17.1. The van der Waals surface area contributed by atoms with Crippen molar-refractivity contribution in [3.63, 3.8) is 0 Å². The molecule has 0 saturated heterocycles. The zero-order chi connectivity index (χ0) is 23.3. The Hall–Kier alpha value is -2.36. The number of nitrogens with zero attached hydrogens (tertiary/aromatic N) is 2. The minimum Gasteiger partial charge on any atom is -0.357 e. The van der Waals surface area contributed by atoms with Crippen molar-refractivity contribution in [2.24, 2.45) is 0 Å². The van der Waals surface area contributed by atoms with Gasteiger partial charge in [0.05, 0.1) is 22.0 Å². The summed E-state index contributed by atoms with van der Waals surface area (Å²) in [5, 5.41) is 2.57. The number of benzene rings is 2. The molecule has 0 heterocycles. The lowest BCUT2D eigenvalue weighted by atomic mass is 10.1. The van der Waals surface area contributed by atoms with Gasteiger partial charge in [0.2, 0.25) is 21.8 Å². The van der Waals surface area contributed by atoms with E-state index in [1.165, 1.54) is 61.3 Å². The van der Waals surface area contributed by atoms with E-state index in [1.807, 2.05) is 0 Å². The lowest BCUT2D eigenvalue weighted by molar-refractivity contribution is -0.139. The maximum atomic E-state index is 13.2. The summed E-state index contributed by atoms with van der Waals surface area (Å²) in [5.41, 5.74) is 0.608. The van der Waals surface area contributed by atoms with Gasteiger partial charge in [-0.1, -0.05) is 41.4 Å². The molecule has 7 nitrogen and oxygen atoms in total. The third-order valence-corrected chi connectivity index (χ3v) is 6.49. The van der Waals surface area contributed by atoms with Crippen molar-refractivity contribution in [1.29, 1.82) is 0 Å². The number of halogens is 3. The summed E-state index contributed by atoms with van der Waals surface area (Å²) in [5.74, 6) is -1.54. The molecule has 0 saturated carbocycles. The van der Waals surface area contributed by atoms with Crippen LogP contribution in [0, 0.1) is 5.82 Å². The Morgan fingerprint density at radius 2 is 1.74 bits per heavy atom. The number of nitrogens with one attached hydrogen (secondary N) is 1. The van der Waals surface area contributed by atoms with Gasteiger partial charge < -0.3 is 10.2 Å². The molecule has 11 heteroatoms. The Kier molecular flexibility index (Phi) is 8.27. The molecule has 1 N–H and O–H groups in total. The van der Waals surface area contributed by atoms with Crippen LogP contribution >= 0.6 is 23.2 Å². The molecule has 1 atom stereocenters. The molecule has 0 radical (unpaired) electrons. The Balaban J connectivity index is 2.42. The van der Waals surface area contributed by atoms with Crippen LogP contribution in [0.15, 0.2) is 42.5 Å². The molecule has 0 unspecified atom stereocenters. The fourth-order valence-electron chi connectivity index (χ4n) is 2.86. The van der Waals surface area contributed by atoms with Crippen LogP contribution < -0.4 is 9.62 Å². The van der Waals surface area contributed by atoms with E-state index in [4.69, 9.17) is 23.2 Å². The summed E-state index contributed by atoms with van der Waals surface area (Å²) >= 11 is 12.2. The van der Waals surface area contributed by atoms with Crippen LogP contribution in [0.3, 0.4) is 0 Å². The van der Waals surface area contributed by atoms with E-state index in [-0.39, 0.29) is 22.3 Å². The van der Waals surface area contributed by atoms with Gasteiger partial charge in [0.1, 0.15) is 18.4 Å². The van der Waals surface area contributed by atoms with Crippen LogP contribution in [0.1, 0.15) is 12.5 Å². The molecule has 2 aromatic rings. The topological polar surface area (TPSA) is 86.8 Å². The standard InChI is InChI=1S/C20H22Cl2FN3O4S/c1-13(20(28)24-2)25(11-14-7-9-15(23)10-8-14)18(27)12-26(31(3,29)30)17-6-4-5-16(21)19(17)22/h4-10,13H,11-12H2,1-3H3,(H,24,28)/t13-/m0/s1. The van der Waals surface area contributed by atoms with E-state index in [1.54, 1.807) is 0 Å². The number of anilines is 1. The Morgan fingerprint density at radius 3 is 2.29 bits per heavy atom. The van der Waals surface area contributed by atoms with Crippen molar-refractivity contribution in [2.45, 2.75) is 19.5 Å². The molecule has 0 aliphatic heterocycles. The van der Waals surface area contributed by atoms with Gasteiger partial charge in [-0.05, 0) is 36.8 Å². The van der Waals surface area contributed by atoms with E-state index >= 15 is 0 Å². The first-order chi connectivity index (χ1) is 14.5. The van der Waals surface area contributed by atoms with Crippen molar-refractivity contribution in [3.8, 4) is 0 Å². The summed E-state index contributed by atoms with van der Waals surface area (Å²) < 4.78 is 39.0. The van der Waals surface area contributed by atoms with Gasteiger partial charge in [-0.15, -0.1) is 0 Å². The van der Waals surface area contributed by atoms with Gasteiger partial charge in [-0.2, -0.15) is 0 Å². The van der Waals surface area contributed by atoms with E-state index < -0.39 is 40.2 Å². The summed E-state index contributed by atoms with van der Waals surface area (Å²) in [6, 6.07) is 8.94. The predicted octanol–water partition coefficient (Wildman–Crippen LogP) is 3.06. The molecule has 0 aromatic heterocycles. The normalized spacial score (nSPS) is 12.2. The second-order valence-electron chi connectivity index (χ2n) is 6.78. The van der Waals surface area contributed by atoms with Crippen molar-refractivity contribution in [3.05, 3.63) is 63.9 Å². The third-order valence-electron chi connectivity index (χ3n) is 4.56. The van der Waals surface area contributed by atoms with Crippen LogP contribution in [0.25, 0.3) is 0 Å². The number of sulfonamides is 1. The van der Waals surface area contributed by atoms with Crippen molar-refractivity contribution in [1.82, 2.24) is 10.2 Å². The second-order valence-corrected chi connectivity index (χ2v) is 9.47. The molecular formula is C20H22Cl2FN3O4S. The molecule has 0 aliphatic carbocycles.